The highest BCUT2D eigenvalue weighted by Crippen LogP contribution is 2.30. The van der Waals surface area contributed by atoms with Gasteiger partial charge in [-0.2, -0.15) is 4.31 Å². The molecule has 2 aromatic rings. The van der Waals surface area contributed by atoms with E-state index in [0.29, 0.717) is 18.9 Å². The van der Waals surface area contributed by atoms with Crippen LogP contribution < -0.4 is 20.1 Å². The summed E-state index contributed by atoms with van der Waals surface area (Å²) in [5.74, 6) is -0.302. The second kappa shape index (κ2) is 11.3. The third kappa shape index (κ3) is 6.04. The largest absolute Gasteiger partial charge is 0.493 e. The molecule has 0 spiro atoms. The van der Waals surface area contributed by atoms with Crippen LogP contribution in [0.15, 0.2) is 47.4 Å². The molecule has 1 atom stereocenters. The van der Waals surface area contributed by atoms with Crippen molar-refractivity contribution in [2.75, 3.05) is 46.3 Å². The number of nitrogens with one attached hydrogen (secondary N) is 2. The lowest BCUT2D eigenvalue weighted by Gasteiger charge is -2.19. The number of ether oxygens (including phenoxy) is 3. The van der Waals surface area contributed by atoms with Gasteiger partial charge >= 0.3 is 0 Å². The number of anilines is 1. The van der Waals surface area contributed by atoms with Gasteiger partial charge in [0, 0.05) is 26.3 Å². The number of carbonyl (C=O) groups excluding carboxylic acids is 2. The fraction of sp³-hybridized carbons (Fsp3) is 0.391. The van der Waals surface area contributed by atoms with Crippen LogP contribution >= 0.6 is 0 Å². The number of likely N-dealkylation sites (N-methyl/N-ethyl adjacent to an activating group) is 1. The number of carbonyl (C=O) groups is 2. The topological polar surface area (TPSA) is 123 Å². The molecule has 0 bridgehead atoms. The highest BCUT2D eigenvalue weighted by atomic mass is 32.2. The fourth-order valence-corrected chi connectivity index (χ4v) is 4.67. The zero-order valence-electron chi connectivity index (χ0n) is 19.4. The van der Waals surface area contributed by atoms with Gasteiger partial charge in [-0.25, -0.2) is 8.42 Å². The Balaban J connectivity index is 1.66. The predicted molar refractivity (Wildman–Crippen MR) is 126 cm³/mol. The van der Waals surface area contributed by atoms with Gasteiger partial charge in [-0.3, -0.25) is 9.59 Å². The number of nitrogens with zero attached hydrogens (tertiary/aromatic N) is 1. The van der Waals surface area contributed by atoms with Gasteiger partial charge in [0.2, 0.25) is 15.9 Å². The van der Waals surface area contributed by atoms with E-state index >= 15 is 0 Å². The van der Waals surface area contributed by atoms with Crippen molar-refractivity contribution < 1.29 is 32.2 Å². The van der Waals surface area contributed by atoms with E-state index in [1.807, 2.05) is 0 Å². The van der Waals surface area contributed by atoms with Crippen LogP contribution in [0.25, 0.3) is 0 Å². The van der Waals surface area contributed by atoms with Crippen LogP contribution in [-0.2, 0) is 19.6 Å². The first-order chi connectivity index (χ1) is 16.3. The van der Waals surface area contributed by atoms with Crippen molar-refractivity contribution in [1.82, 2.24) is 9.62 Å². The molecule has 2 aromatic carbocycles. The van der Waals surface area contributed by atoms with Crippen LogP contribution in [0, 0.1) is 0 Å². The Morgan fingerprint density at radius 2 is 1.85 bits per heavy atom. The van der Waals surface area contributed by atoms with Gasteiger partial charge in [0.15, 0.2) is 11.5 Å². The average molecular weight is 492 g/mol. The minimum Gasteiger partial charge on any atom is -0.493 e. The van der Waals surface area contributed by atoms with Crippen LogP contribution in [0.5, 0.6) is 11.5 Å². The van der Waals surface area contributed by atoms with Crippen LogP contribution in [0.3, 0.4) is 0 Å². The van der Waals surface area contributed by atoms with Crippen LogP contribution in [0.4, 0.5) is 5.69 Å². The standard InChI is InChI=1S/C23H29N3O7S/c1-26(34(29,30)17-10-11-20(31-2)21(13-17)32-3)15-22(27)25-19-9-5-4-8-18(19)23(28)24-14-16-7-6-12-33-16/h4-5,8-11,13,16H,6-7,12,14-15H2,1-3H3,(H,24,28)(H,25,27)/t16-/m1/s1. The molecule has 3 rings (SSSR count). The summed E-state index contributed by atoms with van der Waals surface area (Å²) in [7, 11) is 0.163. The Morgan fingerprint density at radius 1 is 1.12 bits per heavy atom. The van der Waals surface area contributed by atoms with Crippen LogP contribution in [0.2, 0.25) is 0 Å². The summed E-state index contributed by atoms with van der Waals surface area (Å²) in [6.45, 7) is 0.614. The molecule has 1 aliphatic heterocycles. The first-order valence-electron chi connectivity index (χ1n) is 10.7. The van der Waals surface area contributed by atoms with Crippen LogP contribution in [-0.4, -0.2) is 71.6 Å². The zero-order valence-corrected chi connectivity index (χ0v) is 20.2. The molecular weight excluding hydrogens is 462 g/mol. The normalized spacial score (nSPS) is 15.7. The minimum absolute atomic E-state index is 0.0128. The molecular formula is C23H29N3O7S. The summed E-state index contributed by atoms with van der Waals surface area (Å²) in [6.07, 6.45) is 1.84. The third-order valence-electron chi connectivity index (χ3n) is 5.39. The quantitative estimate of drug-likeness (QED) is 0.520. The average Bonchev–Trinajstić information content (AvgIpc) is 3.36. The summed E-state index contributed by atoms with van der Waals surface area (Å²) in [5.41, 5.74) is 0.563. The maximum atomic E-state index is 12.9. The Kier molecular flexibility index (Phi) is 8.48. The highest BCUT2D eigenvalue weighted by Gasteiger charge is 2.25. The molecule has 184 valence electrons. The zero-order chi connectivity index (χ0) is 24.7. The van der Waals surface area contributed by atoms with E-state index in [-0.39, 0.29) is 33.9 Å². The Labute approximate surface area is 199 Å². The molecule has 2 N–H and O–H groups in total. The molecule has 0 unspecified atom stereocenters. The van der Waals surface area contributed by atoms with E-state index in [4.69, 9.17) is 14.2 Å². The molecule has 0 radical (unpaired) electrons. The first kappa shape index (κ1) is 25.5. The molecule has 11 heteroatoms. The van der Waals surface area contributed by atoms with Gasteiger partial charge < -0.3 is 24.8 Å². The number of rotatable bonds is 10. The number of hydrogen-bond acceptors (Lipinski definition) is 7. The van der Waals surface area contributed by atoms with Gasteiger partial charge in [0.1, 0.15) is 0 Å². The maximum absolute atomic E-state index is 12.9. The Bertz CT molecular complexity index is 1130. The van der Waals surface area contributed by atoms with Crippen molar-refractivity contribution >= 4 is 27.5 Å². The fourth-order valence-electron chi connectivity index (χ4n) is 3.53. The molecule has 1 heterocycles. The van der Waals surface area contributed by atoms with Crippen molar-refractivity contribution in [3.8, 4) is 11.5 Å². The number of para-hydroxylation sites is 1. The molecule has 1 fully saturated rings. The van der Waals surface area contributed by atoms with Crippen molar-refractivity contribution in [3.05, 3.63) is 48.0 Å². The Morgan fingerprint density at radius 3 is 2.53 bits per heavy atom. The van der Waals surface area contributed by atoms with E-state index in [1.54, 1.807) is 24.3 Å². The maximum Gasteiger partial charge on any atom is 0.253 e. The van der Waals surface area contributed by atoms with Gasteiger partial charge in [0.25, 0.3) is 5.91 Å². The molecule has 1 saturated heterocycles. The summed E-state index contributed by atoms with van der Waals surface area (Å²) in [5, 5.41) is 5.45. The van der Waals surface area contributed by atoms with Crippen molar-refractivity contribution in [2.45, 2.75) is 23.8 Å². The van der Waals surface area contributed by atoms with Crippen LogP contribution in [0.1, 0.15) is 23.2 Å². The number of amides is 2. The highest BCUT2D eigenvalue weighted by molar-refractivity contribution is 7.89. The van der Waals surface area contributed by atoms with Crippen molar-refractivity contribution in [2.24, 2.45) is 0 Å². The summed E-state index contributed by atoms with van der Waals surface area (Å²) >= 11 is 0. The van der Waals surface area contributed by atoms with E-state index in [0.717, 1.165) is 17.1 Å². The van der Waals surface area contributed by atoms with E-state index in [1.165, 1.54) is 39.5 Å². The lowest BCUT2D eigenvalue weighted by atomic mass is 10.1. The van der Waals surface area contributed by atoms with Gasteiger partial charge in [0.05, 0.1) is 43.0 Å². The van der Waals surface area contributed by atoms with Gasteiger partial charge in [-0.15, -0.1) is 0 Å². The molecule has 2 amide bonds. The molecule has 34 heavy (non-hydrogen) atoms. The second-order valence-electron chi connectivity index (χ2n) is 7.72. The van der Waals surface area contributed by atoms with Gasteiger partial charge in [-0.05, 0) is 37.1 Å². The molecule has 1 aliphatic rings. The lowest BCUT2D eigenvalue weighted by Crippen LogP contribution is -2.36. The summed E-state index contributed by atoms with van der Waals surface area (Å²) in [4.78, 5) is 25.2. The molecule has 0 aliphatic carbocycles. The number of hydrogen-bond donors (Lipinski definition) is 2. The first-order valence-corrected chi connectivity index (χ1v) is 12.2. The molecule has 0 aromatic heterocycles. The smallest absolute Gasteiger partial charge is 0.253 e. The predicted octanol–water partition coefficient (Wildman–Crippen LogP) is 1.87. The monoisotopic (exact) mass is 491 g/mol. The number of sulfonamides is 1. The SMILES string of the molecule is COc1ccc(S(=O)(=O)N(C)CC(=O)Nc2ccccc2C(=O)NC[C@H]2CCCO2)cc1OC. The van der Waals surface area contributed by atoms with E-state index < -0.39 is 22.5 Å². The number of benzene rings is 2. The van der Waals surface area contributed by atoms with E-state index in [9.17, 15) is 18.0 Å². The second-order valence-corrected chi connectivity index (χ2v) is 9.76. The number of methoxy groups -OCH3 is 2. The van der Waals surface area contributed by atoms with E-state index in [2.05, 4.69) is 10.6 Å². The molecule has 0 saturated carbocycles. The Hall–Kier alpha value is -3.15. The lowest BCUT2D eigenvalue weighted by molar-refractivity contribution is -0.116. The van der Waals surface area contributed by atoms with Crippen molar-refractivity contribution in [1.29, 1.82) is 0 Å². The third-order valence-corrected chi connectivity index (χ3v) is 7.19. The summed E-state index contributed by atoms with van der Waals surface area (Å²) < 4.78 is 42.6. The minimum atomic E-state index is -3.98. The van der Waals surface area contributed by atoms with Gasteiger partial charge in [-0.1, -0.05) is 12.1 Å². The van der Waals surface area contributed by atoms with Crippen molar-refractivity contribution in [3.63, 3.8) is 0 Å². The molecule has 10 nitrogen and oxygen atoms in total. The summed E-state index contributed by atoms with van der Waals surface area (Å²) in [6, 6.07) is 10.7.